The molecule has 0 saturated carbocycles. The molecule has 2 saturated heterocycles. The van der Waals surface area contributed by atoms with E-state index in [-0.39, 0.29) is 11.8 Å². The Labute approximate surface area is 94.6 Å². The molecule has 2 aliphatic rings. The highest BCUT2D eigenvalue weighted by Crippen LogP contribution is 2.23. The van der Waals surface area contributed by atoms with Gasteiger partial charge in [0.25, 0.3) is 0 Å². The standard InChI is InChI=1S/C10H17N5O/c11-14-13-5-8-4-10(16)15(7-8)9-2-1-3-12-6-9/h8-9,12H,1-7H2/t8?,9-/m1/s1. The summed E-state index contributed by atoms with van der Waals surface area (Å²) in [6.45, 7) is 3.16. The minimum absolute atomic E-state index is 0.213. The van der Waals surface area contributed by atoms with E-state index in [2.05, 4.69) is 15.3 Å². The van der Waals surface area contributed by atoms with Crippen LogP contribution in [0.25, 0.3) is 10.4 Å². The zero-order valence-corrected chi connectivity index (χ0v) is 9.30. The number of nitrogens with zero attached hydrogens (tertiary/aromatic N) is 4. The topological polar surface area (TPSA) is 81.1 Å². The van der Waals surface area contributed by atoms with Gasteiger partial charge in [0, 0.05) is 37.0 Å². The molecule has 0 aliphatic carbocycles. The molecule has 2 fully saturated rings. The van der Waals surface area contributed by atoms with Crippen molar-refractivity contribution >= 4 is 5.91 Å². The number of nitrogens with one attached hydrogen (secondary N) is 1. The normalized spacial score (nSPS) is 30.2. The maximum atomic E-state index is 11.8. The molecule has 0 aromatic carbocycles. The summed E-state index contributed by atoms with van der Waals surface area (Å²) in [5, 5.41) is 6.87. The third kappa shape index (κ3) is 2.46. The van der Waals surface area contributed by atoms with Crippen molar-refractivity contribution in [2.45, 2.75) is 25.3 Å². The number of hydrogen-bond donors (Lipinski definition) is 1. The van der Waals surface area contributed by atoms with Crippen LogP contribution >= 0.6 is 0 Å². The van der Waals surface area contributed by atoms with Crippen LogP contribution in [0.4, 0.5) is 0 Å². The van der Waals surface area contributed by atoms with Crippen LogP contribution in [0.15, 0.2) is 5.11 Å². The summed E-state index contributed by atoms with van der Waals surface area (Å²) in [5.74, 6) is 0.428. The molecular formula is C10H17N5O. The Hall–Kier alpha value is -1.26. The van der Waals surface area contributed by atoms with Crippen molar-refractivity contribution in [3.05, 3.63) is 10.4 Å². The van der Waals surface area contributed by atoms with Gasteiger partial charge in [-0.1, -0.05) is 5.11 Å². The molecule has 1 N–H and O–H groups in total. The monoisotopic (exact) mass is 223 g/mol. The van der Waals surface area contributed by atoms with Gasteiger partial charge in [-0.2, -0.15) is 0 Å². The van der Waals surface area contributed by atoms with Crippen molar-refractivity contribution in [3.63, 3.8) is 0 Å². The van der Waals surface area contributed by atoms with Crippen molar-refractivity contribution in [2.24, 2.45) is 11.0 Å². The SMILES string of the molecule is [N-]=[N+]=NCC1CC(=O)N([C@@H]2CCCNC2)C1. The van der Waals surface area contributed by atoms with Gasteiger partial charge in [0.15, 0.2) is 0 Å². The molecule has 1 amide bonds. The van der Waals surface area contributed by atoms with E-state index in [0.29, 0.717) is 19.0 Å². The van der Waals surface area contributed by atoms with E-state index in [1.165, 1.54) is 0 Å². The zero-order valence-electron chi connectivity index (χ0n) is 9.30. The van der Waals surface area contributed by atoms with E-state index in [1.807, 2.05) is 4.90 Å². The van der Waals surface area contributed by atoms with Crippen molar-refractivity contribution in [1.29, 1.82) is 0 Å². The molecule has 6 heteroatoms. The van der Waals surface area contributed by atoms with Gasteiger partial charge in [-0.05, 0) is 30.8 Å². The van der Waals surface area contributed by atoms with Gasteiger partial charge in [-0.15, -0.1) is 0 Å². The van der Waals surface area contributed by atoms with Gasteiger partial charge in [-0.25, -0.2) is 0 Å². The van der Waals surface area contributed by atoms with Crippen LogP contribution in [0.3, 0.4) is 0 Å². The van der Waals surface area contributed by atoms with Gasteiger partial charge in [0.05, 0.1) is 0 Å². The van der Waals surface area contributed by atoms with Crippen LogP contribution in [-0.4, -0.2) is 43.0 Å². The van der Waals surface area contributed by atoms with Crippen LogP contribution in [0.5, 0.6) is 0 Å². The lowest BCUT2D eigenvalue weighted by molar-refractivity contribution is -0.130. The van der Waals surface area contributed by atoms with E-state index in [4.69, 9.17) is 5.53 Å². The predicted octanol–water partition coefficient (Wildman–Crippen LogP) is 0.897. The Balaban J connectivity index is 1.90. The molecule has 2 heterocycles. The zero-order chi connectivity index (χ0) is 11.4. The van der Waals surface area contributed by atoms with Gasteiger partial charge >= 0.3 is 0 Å². The van der Waals surface area contributed by atoms with E-state index in [1.54, 1.807) is 0 Å². The molecule has 16 heavy (non-hydrogen) atoms. The molecule has 2 rings (SSSR count). The Morgan fingerprint density at radius 3 is 3.19 bits per heavy atom. The first-order chi connectivity index (χ1) is 7.81. The number of azide groups is 1. The maximum absolute atomic E-state index is 11.8. The number of rotatable bonds is 3. The molecule has 0 bridgehead atoms. The van der Waals surface area contributed by atoms with Crippen molar-refractivity contribution < 1.29 is 4.79 Å². The van der Waals surface area contributed by atoms with Crippen molar-refractivity contribution in [1.82, 2.24) is 10.2 Å². The van der Waals surface area contributed by atoms with Gasteiger partial charge in [0.2, 0.25) is 5.91 Å². The highest BCUT2D eigenvalue weighted by Gasteiger charge is 2.34. The van der Waals surface area contributed by atoms with E-state index in [9.17, 15) is 4.79 Å². The first-order valence-electron chi connectivity index (χ1n) is 5.82. The fraction of sp³-hybridized carbons (Fsp3) is 0.900. The van der Waals surface area contributed by atoms with Gasteiger partial charge < -0.3 is 10.2 Å². The molecular weight excluding hydrogens is 206 g/mol. The lowest BCUT2D eigenvalue weighted by Crippen LogP contribution is -2.46. The number of amides is 1. The third-order valence-electron chi connectivity index (χ3n) is 3.35. The summed E-state index contributed by atoms with van der Waals surface area (Å²) < 4.78 is 0. The summed E-state index contributed by atoms with van der Waals surface area (Å²) in [6.07, 6.45) is 2.76. The number of carbonyl (C=O) groups excluding carboxylic acids is 1. The number of likely N-dealkylation sites (tertiary alicyclic amines) is 1. The highest BCUT2D eigenvalue weighted by molar-refractivity contribution is 5.79. The second-order valence-corrected chi connectivity index (χ2v) is 4.53. The van der Waals surface area contributed by atoms with Crippen molar-refractivity contribution in [3.8, 4) is 0 Å². The lowest BCUT2D eigenvalue weighted by Gasteiger charge is -2.31. The Kier molecular flexibility index (Phi) is 3.64. The molecule has 88 valence electrons. The lowest BCUT2D eigenvalue weighted by atomic mass is 10.1. The van der Waals surface area contributed by atoms with Crippen LogP contribution in [-0.2, 0) is 4.79 Å². The third-order valence-corrected chi connectivity index (χ3v) is 3.35. The van der Waals surface area contributed by atoms with E-state index >= 15 is 0 Å². The van der Waals surface area contributed by atoms with Crippen LogP contribution < -0.4 is 5.32 Å². The number of hydrogen-bond acceptors (Lipinski definition) is 3. The fourth-order valence-electron chi connectivity index (χ4n) is 2.54. The summed E-state index contributed by atoms with van der Waals surface area (Å²) in [4.78, 5) is 16.5. The van der Waals surface area contributed by atoms with Gasteiger partial charge in [0.1, 0.15) is 0 Å². The minimum Gasteiger partial charge on any atom is -0.338 e. The van der Waals surface area contributed by atoms with Crippen LogP contribution in [0.1, 0.15) is 19.3 Å². The first-order valence-corrected chi connectivity index (χ1v) is 5.82. The summed E-state index contributed by atoms with van der Waals surface area (Å²) in [5.41, 5.74) is 8.26. The Bertz CT molecular complexity index is 306. The molecule has 2 atom stereocenters. The second-order valence-electron chi connectivity index (χ2n) is 4.53. The summed E-state index contributed by atoms with van der Waals surface area (Å²) in [7, 11) is 0. The molecule has 1 unspecified atom stereocenters. The average Bonchev–Trinajstić information content (AvgIpc) is 2.69. The average molecular weight is 223 g/mol. The molecule has 0 aromatic heterocycles. The largest absolute Gasteiger partial charge is 0.338 e. The van der Waals surface area contributed by atoms with Gasteiger partial charge in [-0.3, -0.25) is 4.79 Å². The quantitative estimate of drug-likeness (QED) is 0.438. The second kappa shape index (κ2) is 5.18. The van der Waals surface area contributed by atoms with Crippen molar-refractivity contribution in [2.75, 3.05) is 26.2 Å². The molecule has 0 aromatic rings. The predicted molar refractivity (Wildman–Crippen MR) is 59.7 cm³/mol. The summed E-state index contributed by atoms with van der Waals surface area (Å²) in [6, 6.07) is 0.345. The molecule has 0 radical (unpaired) electrons. The first kappa shape index (κ1) is 11.2. The van der Waals surface area contributed by atoms with Crippen LogP contribution in [0.2, 0.25) is 0 Å². The fourth-order valence-corrected chi connectivity index (χ4v) is 2.54. The van der Waals surface area contributed by atoms with Crippen LogP contribution in [0, 0.1) is 5.92 Å². The molecule has 2 aliphatic heterocycles. The molecule has 0 spiro atoms. The Morgan fingerprint density at radius 1 is 1.62 bits per heavy atom. The molecule has 6 nitrogen and oxygen atoms in total. The van der Waals surface area contributed by atoms with E-state index < -0.39 is 0 Å². The number of carbonyl (C=O) groups is 1. The van der Waals surface area contributed by atoms with E-state index in [0.717, 1.165) is 32.5 Å². The highest BCUT2D eigenvalue weighted by atomic mass is 16.2. The number of piperidine rings is 1. The maximum Gasteiger partial charge on any atom is 0.223 e. The smallest absolute Gasteiger partial charge is 0.223 e. The minimum atomic E-state index is 0.213. The Morgan fingerprint density at radius 2 is 2.50 bits per heavy atom. The summed E-state index contributed by atoms with van der Waals surface area (Å²) >= 11 is 0.